The molecule has 102 valence electrons. The highest BCUT2D eigenvalue weighted by Gasteiger charge is 2.32. The molecule has 0 aromatic heterocycles. The number of amides is 2. The van der Waals surface area contributed by atoms with Crippen molar-refractivity contribution < 1.29 is 14.7 Å². The Hall–Kier alpha value is -1.40. The number of rotatable bonds is 3. The summed E-state index contributed by atoms with van der Waals surface area (Å²) < 4.78 is 0.765. The monoisotopic (exact) mass is 326 g/mol. The molecule has 1 unspecified atom stereocenters. The quantitative estimate of drug-likeness (QED) is 0.818. The maximum atomic E-state index is 11.8. The van der Waals surface area contributed by atoms with Gasteiger partial charge >= 0.3 is 0 Å². The van der Waals surface area contributed by atoms with Crippen molar-refractivity contribution in [3.63, 3.8) is 0 Å². The van der Waals surface area contributed by atoms with Gasteiger partial charge in [0.2, 0.25) is 11.8 Å². The molecule has 0 bridgehead atoms. The number of imide groups is 1. The van der Waals surface area contributed by atoms with Gasteiger partial charge in [0.25, 0.3) is 0 Å². The fourth-order valence-electron chi connectivity index (χ4n) is 2.19. The van der Waals surface area contributed by atoms with Crippen LogP contribution >= 0.6 is 15.9 Å². The van der Waals surface area contributed by atoms with Crippen LogP contribution < -0.4 is 10.2 Å². The van der Waals surface area contributed by atoms with Crippen molar-refractivity contribution in [2.75, 3.05) is 11.4 Å². The van der Waals surface area contributed by atoms with Crippen LogP contribution in [0.5, 0.6) is 0 Å². The average molecular weight is 327 g/mol. The number of aliphatic hydroxyl groups excluding tert-OH is 1. The Balaban J connectivity index is 2.35. The van der Waals surface area contributed by atoms with E-state index in [1.165, 1.54) is 0 Å². The van der Waals surface area contributed by atoms with E-state index in [4.69, 9.17) is 5.11 Å². The van der Waals surface area contributed by atoms with Crippen molar-refractivity contribution in [1.82, 2.24) is 5.32 Å². The molecular formula is C13H15BrN2O3. The minimum atomic E-state index is -0.343. The number of carbonyl (C=O) groups excluding carboxylic acids is 2. The summed E-state index contributed by atoms with van der Waals surface area (Å²) in [5.74, 6) is -0.557. The number of halogens is 1. The van der Waals surface area contributed by atoms with Gasteiger partial charge in [0.15, 0.2) is 0 Å². The second-order valence-electron chi connectivity index (χ2n) is 4.40. The summed E-state index contributed by atoms with van der Waals surface area (Å²) in [6.45, 7) is 2.01. The molecular weight excluding hydrogens is 312 g/mol. The van der Waals surface area contributed by atoms with Gasteiger partial charge in [-0.3, -0.25) is 14.9 Å². The van der Waals surface area contributed by atoms with Crippen LogP contribution in [-0.4, -0.2) is 29.5 Å². The van der Waals surface area contributed by atoms with E-state index in [-0.39, 0.29) is 31.0 Å². The highest BCUT2D eigenvalue weighted by Crippen LogP contribution is 2.27. The van der Waals surface area contributed by atoms with E-state index >= 15 is 0 Å². The summed E-state index contributed by atoms with van der Waals surface area (Å²) in [6.07, 6.45) is 0.623. The Kier molecular flexibility index (Phi) is 4.21. The average Bonchev–Trinajstić information content (AvgIpc) is 2.37. The zero-order valence-corrected chi connectivity index (χ0v) is 12.1. The van der Waals surface area contributed by atoms with Gasteiger partial charge in [0.05, 0.1) is 13.2 Å². The number of nitrogens with one attached hydrogen (secondary N) is 1. The molecule has 2 amide bonds. The molecule has 1 atom stereocenters. The van der Waals surface area contributed by atoms with Crippen LogP contribution in [0.3, 0.4) is 0 Å². The van der Waals surface area contributed by atoms with Crippen molar-refractivity contribution in [1.29, 1.82) is 0 Å². The smallest absolute Gasteiger partial charge is 0.249 e. The summed E-state index contributed by atoms with van der Waals surface area (Å²) in [7, 11) is 0. The lowest BCUT2D eigenvalue weighted by Crippen LogP contribution is -2.58. The highest BCUT2D eigenvalue weighted by atomic mass is 79.9. The Morgan fingerprint density at radius 2 is 2.21 bits per heavy atom. The lowest BCUT2D eigenvalue weighted by atomic mass is 10.1. The van der Waals surface area contributed by atoms with Crippen molar-refractivity contribution in [3.05, 3.63) is 28.2 Å². The Morgan fingerprint density at radius 1 is 1.47 bits per heavy atom. The van der Waals surface area contributed by atoms with E-state index in [1.54, 1.807) is 11.0 Å². The van der Waals surface area contributed by atoms with Gasteiger partial charge in [-0.25, -0.2) is 0 Å². The van der Waals surface area contributed by atoms with Gasteiger partial charge in [0, 0.05) is 10.2 Å². The predicted octanol–water partition coefficient (Wildman–Crippen LogP) is 1.18. The molecule has 1 heterocycles. The maximum Gasteiger partial charge on any atom is 0.249 e. The third-order valence-electron chi connectivity index (χ3n) is 3.18. The summed E-state index contributed by atoms with van der Waals surface area (Å²) >= 11 is 3.37. The topological polar surface area (TPSA) is 69.6 Å². The van der Waals surface area contributed by atoms with Crippen LogP contribution in [0.15, 0.2) is 22.7 Å². The van der Waals surface area contributed by atoms with E-state index in [9.17, 15) is 9.59 Å². The standard InChI is InChI=1S/C13H15BrN2O3/c1-2-11-13(19)15-12(18)6-16(11)9-4-3-8(7-17)10(14)5-9/h3-5,11,17H,2,6-7H2,1H3,(H,15,18,19). The molecule has 1 aliphatic rings. The van der Waals surface area contributed by atoms with Crippen molar-refractivity contribution in [3.8, 4) is 0 Å². The Labute approximate surface area is 119 Å². The van der Waals surface area contributed by atoms with Gasteiger partial charge in [-0.1, -0.05) is 28.9 Å². The van der Waals surface area contributed by atoms with E-state index < -0.39 is 0 Å². The normalized spacial score (nSPS) is 19.5. The molecule has 19 heavy (non-hydrogen) atoms. The lowest BCUT2D eigenvalue weighted by Gasteiger charge is -2.35. The first kappa shape index (κ1) is 14.0. The van der Waals surface area contributed by atoms with Crippen LogP contribution in [0.2, 0.25) is 0 Å². The second-order valence-corrected chi connectivity index (χ2v) is 5.25. The second kappa shape index (κ2) is 5.71. The summed E-state index contributed by atoms with van der Waals surface area (Å²) in [5.41, 5.74) is 1.56. The van der Waals surface area contributed by atoms with Crippen molar-refractivity contribution >= 4 is 33.4 Å². The van der Waals surface area contributed by atoms with Gasteiger partial charge in [-0.2, -0.15) is 0 Å². The van der Waals surface area contributed by atoms with Crippen LogP contribution in [0.4, 0.5) is 5.69 Å². The van der Waals surface area contributed by atoms with Crippen LogP contribution in [0, 0.1) is 0 Å². The molecule has 0 saturated carbocycles. The molecule has 1 aromatic carbocycles. The first-order valence-corrected chi connectivity index (χ1v) is 6.85. The zero-order valence-electron chi connectivity index (χ0n) is 10.5. The summed E-state index contributed by atoms with van der Waals surface area (Å²) in [4.78, 5) is 25.1. The molecule has 1 fully saturated rings. The van der Waals surface area contributed by atoms with Gasteiger partial charge in [-0.15, -0.1) is 0 Å². The number of anilines is 1. The van der Waals surface area contributed by atoms with E-state index in [1.807, 2.05) is 19.1 Å². The van der Waals surface area contributed by atoms with Crippen molar-refractivity contribution in [2.24, 2.45) is 0 Å². The van der Waals surface area contributed by atoms with E-state index in [0.29, 0.717) is 6.42 Å². The molecule has 2 rings (SSSR count). The fraction of sp³-hybridized carbons (Fsp3) is 0.385. The van der Waals surface area contributed by atoms with E-state index in [0.717, 1.165) is 15.7 Å². The SMILES string of the molecule is CCC1C(=O)NC(=O)CN1c1ccc(CO)c(Br)c1. The minimum Gasteiger partial charge on any atom is -0.392 e. The number of hydrogen-bond acceptors (Lipinski definition) is 4. The molecule has 1 aliphatic heterocycles. The molecule has 1 aromatic rings. The van der Waals surface area contributed by atoms with Gasteiger partial charge in [0.1, 0.15) is 6.04 Å². The number of nitrogens with zero attached hydrogens (tertiary/aromatic N) is 1. The molecule has 0 aliphatic carbocycles. The maximum absolute atomic E-state index is 11.8. The van der Waals surface area contributed by atoms with E-state index in [2.05, 4.69) is 21.2 Å². The summed E-state index contributed by atoms with van der Waals surface area (Å²) in [6, 6.07) is 5.07. The lowest BCUT2D eigenvalue weighted by molar-refractivity contribution is -0.132. The molecule has 6 heteroatoms. The Morgan fingerprint density at radius 3 is 2.79 bits per heavy atom. The van der Waals surface area contributed by atoms with Crippen molar-refractivity contribution in [2.45, 2.75) is 26.0 Å². The third-order valence-corrected chi connectivity index (χ3v) is 3.92. The Bertz CT molecular complexity index is 519. The first-order valence-electron chi connectivity index (χ1n) is 6.06. The number of hydrogen-bond donors (Lipinski definition) is 2. The van der Waals surface area contributed by atoms with Crippen LogP contribution in [-0.2, 0) is 16.2 Å². The highest BCUT2D eigenvalue weighted by molar-refractivity contribution is 9.10. The molecule has 1 saturated heterocycles. The zero-order chi connectivity index (χ0) is 14.0. The minimum absolute atomic E-state index is 0.0580. The first-order chi connectivity index (χ1) is 9.06. The largest absolute Gasteiger partial charge is 0.392 e. The number of piperazine rings is 1. The fourth-order valence-corrected chi connectivity index (χ4v) is 2.68. The van der Waals surface area contributed by atoms with Crippen LogP contribution in [0.1, 0.15) is 18.9 Å². The number of aliphatic hydroxyl groups is 1. The van der Waals surface area contributed by atoms with Gasteiger partial charge in [-0.05, 0) is 24.1 Å². The van der Waals surface area contributed by atoms with Gasteiger partial charge < -0.3 is 10.0 Å². The number of benzene rings is 1. The molecule has 0 spiro atoms. The van der Waals surface area contributed by atoms with Crippen LogP contribution in [0.25, 0.3) is 0 Å². The molecule has 2 N–H and O–H groups in total. The predicted molar refractivity (Wildman–Crippen MR) is 74.6 cm³/mol. The third kappa shape index (κ3) is 2.79. The molecule has 5 nitrogen and oxygen atoms in total. The number of carbonyl (C=O) groups is 2. The summed E-state index contributed by atoms with van der Waals surface area (Å²) in [5, 5.41) is 11.5. The molecule has 0 radical (unpaired) electrons.